The first-order valence-electron chi connectivity index (χ1n) is 5.80. The van der Waals surface area contributed by atoms with Crippen molar-refractivity contribution in [3.05, 3.63) is 0 Å². The van der Waals surface area contributed by atoms with E-state index in [0.717, 1.165) is 19.5 Å². The number of rotatable bonds is 7. The van der Waals surface area contributed by atoms with Gasteiger partial charge in [0.2, 0.25) is 0 Å². The minimum absolute atomic E-state index is 0.191. The van der Waals surface area contributed by atoms with Crippen molar-refractivity contribution in [2.45, 2.75) is 40.2 Å². The minimum Gasteiger partial charge on any atom is -0.370 e. The molecule has 0 aliphatic carbocycles. The third kappa shape index (κ3) is 6.33. The van der Waals surface area contributed by atoms with Crippen LogP contribution in [-0.4, -0.2) is 36.5 Å². The quantitative estimate of drug-likeness (QED) is 0.491. The number of hydrogen-bond acceptors (Lipinski definition) is 2. The second kappa shape index (κ2) is 7.51. The maximum Gasteiger partial charge on any atom is 0.185 e. The van der Waals surface area contributed by atoms with E-state index in [-0.39, 0.29) is 5.96 Å². The molecule has 15 heavy (non-hydrogen) atoms. The maximum atomic E-state index is 5.36. The first kappa shape index (κ1) is 14.2. The first-order chi connectivity index (χ1) is 7.01. The molecule has 0 spiro atoms. The summed E-state index contributed by atoms with van der Waals surface area (Å²) >= 11 is 0. The monoisotopic (exact) mass is 214 g/mol. The highest BCUT2D eigenvalue weighted by Gasteiger charge is 2.16. The van der Waals surface area contributed by atoms with E-state index in [4.69, 9.17) is 11.5 Å². The van der Waals surface area contributed by atoms with Crippen molar-refractivity contribution >= 4 is 5.96 Å². The fourth-order valence-electron chi connectivity index (χ4n) is 1.83. The number of hydrogen-bond donors (Lipinski definition) is 2. The average molecular weight is 214 g/mol. The molecular formula is C11H26N4. The highest BCUT2D eigenvalue weighted by atomic mass is 15.2. The molecule has 1 unspecified atom stereocenters. The van der Waals surface area contributed by atoms with Gasteiger partial charge in [0, 0.05) is 6.04 Å². The number of likely N-dealkylation sites (N-methyl/N-ethyl adjacent to an activating group) is 1. The second-order valence-corrected chi connectivity index (χ2v) is 4.27. The minimum atomic E-state index is 0.191. The van der Waals surface area contributed by atoms with Gasteiger partial charge in [-0.1, -0.05) is 27.7 Å². The van der Waals surface area contributed by atoms with Gasteiger partial charge in [-0.3, -0.25) is 9.89 Å². The van der Waals surface area contributed by atoms with Crippen molar-refractivity contribution in [2.75, 3.05) is 19.6 Å². The molecule has 1 atom stereocenters. The molecule has 4 N–H and O–H groups in total. The van der Waals surface area contributed by atoms with Crippen LogP contribution in [0.25, 0.3) is 0 Å². The molecule has 0 rings (SSSR count). The van der Waals surface area contributed by atoms with Gasteiger partial charge in [0.05, 0.1) is 6.54 Å². The van der Waals surface area contributed by atoms with Crippen molar-refractivity contribution in [1.82, 2.24) is 4.90 Å². The van der Waals surface area contributed by atoms with Crippen LogP contribution in [0.1, 0.15) is 34.1 Å². The normalized spacial score (nSPS) is 13.2. The van der Waals surface area contributed by atoms with Crippen molar-refractivity contribution in [3.63, 3.8) is 0 Å². The molecule has 0 aliphatic rings. The lowest BCUT2D eigenvalue weighted by Crippen LogP contribution is -2.39. The Hall–Kier alpha value is -0.770. The van der Waals surface area contributed by atoms with Gasteiger partial charge in [0.25, 0.3) is 0 Å². The van der Waals surface area contributed by atoms with E-state index in [1.807, 2.05) is 0 Å². The van der Waals surface area contributed by atoms with Gasteiger partial charge >= 0.3 is 0 Å². The molecule has 0 heterocycles. The van der Waals surface area contributed by atoms with E-state index in [1.165, 1.54) is 0 Å². The Bertz CT molecular complexity index is 181. The molecule has 90 valence electrons. The Labute approximate surface area is 93.7 Å². The lowest BCUT2D eigenvalue weighted by atomic mass is 10.0. The van der Waals surface area contributed by atoms with E-state index in [1.54, 1.807) is 0 Å². The molecule has 0 aromatic carbocycles. The number of nitrogens with two attached hydrogens (primary N) is 2. The van der Waals surface area contributed by atoms with Crippen molar-refractivity contribution in [1.29, 1.82) is 0 Å². The molecule has 0 amide bonds. The van der Waals surface area contributed by atoms with E-state index < -0.39 is 0 Å². The fourth-order valence-corrected chi connectivity index (χ4v) is 1.83. The lowest BCUT2D eigenvalue weighted by molar-refractivity contribution is 0.196. The Balaban J connectivity index is 4.35. The summed E-state index contributed by atoms with van der Waals surface area (Å²) in [5, 5.41) is 0. The van der Waals surface area contributed by atoms with Gasteiger partial charge in [-0.2, -0.15) is 0 Å². The summed E-state index contributed by atoms with van der Waals surface area (Å²) in [5.41, 5.74) is 10.7. The molecule has 0 aliphatic heterocycles. The van der Waals surface area contributed by atoms with Gasteiger partial charge in [-0.05, 0) is 25.4 Å². The standard InChI is InChI=1S/C11H26N4/c1-5-15(6-2)10(7-9(3)4)8-14-11(12)13/h9-10H,5-8H2,1-4H3,(H4,12,13,14). The predicted molar refractivity (Wildman–Crippen MR) is 66.8 cm³/mol. The Kier molecular flexibility index (Phi) is 7.13. The van der Waals surface area contributed by atoms with Gasteiger partial charge in [-0.25, -0.2) is 0 Å². The van der Waals surface area contributed by atoms with Crippen LogP contribution in [0, 0.1) is 5.92 Å². The van der Waals surface area contributed by atoms with Gasteiger partial charge in [-0.15, -0.1) is 0 Å². The Morgan fingerprint density at radius 3 is 2.07 bits per heavy atom. The third-order valence-corrected chi connectivity index (χ3v) is 2.56. The number of nitrogens with zero attached hydrogens (tertiary/aromatic N) is 2. The average Bonchev–Trinajstić information content (AvgIpc) is 2.14. The van der Waals surface area contributed by atoms with Crippen LogP contribution in [0.5, 0.6) is 0 Å². The van der Waals surface area contributed by atoms with Crippen LogP contribution < -0.4 is 11.5 Å². The zero-order valence-corrected chi connectivity index (χ0v) is 10.5. The molecule has 0 aromatic heterocycles. The molecular weight excluding hydrogens is 188 g/mol. The third-order valence-electron chi connectivity index (χ3n) is 2.56. The summed E-state index contributed by atoms with van der Waals surface area (Å²) in [6, 6.07) is 0.460. The largest absolute Gasteiger partial charge is 0.370 e. The second-order valence-electron chi connectivity index (χ2n) is 4.27. The van der Waals surface area contributed by atoms with Crippen molar-refractivity contribution in [2.24, 2.45) is 22.4 Å². The molecule has 4 heteroatoms. The zero-order chi connectivity index (χ0) is 11.8. The summed E-state index contributed by atoms with van der Waals surface area (Å²) in [4.78, 5) is 6.53. The van der Waals surface area contributed by atoms with Crippen molar-refractivity contribution in [3.8, 4) is 0 Å². The summed E-state index contributed by atoms with van der Waals surface area (Å²) in [6.07, 6.45) is 1.14. The Morgan fingerprint density at radius 1 is 1.20 bits per heavy atom. The lowest BCUT2D eigenvalue weighted by Gasteiger charge is -2.29. The van der Waals surface area contributed by atoms with Crippen LogP contribution >= 0.6 is 0 Å². The summed E-state index contributed by atoms with van der Waals surface area (Å²) in [6.45, 7) is 11.6. The van der Waals surface area contributed by atoms with Crippen LogP contribution in [0.4, 0.5) is 0 Å². The smallest absolute Gasteiger partial charge is 0.185 e. The van der Waals surface area contributed by atoms with E-state index in [0.29, 0.717) is 18.5 Å². The molecule has 4 nitrogen and oxygen atoms in total. The van der Waals surface area contributed by atoms with Crippen LogP contribution in [0.3, 0.4) is 0 Å². The number of guanidine groups is 1. The molecule has 0 bridgehead atoms. The zero-order valence-electron chi connectivity index (χ0n) is 10.5. The number of aliphatic imine (C=N–C) groups is 1. The molecule has 0 saturated carbocycles. The summed E-state index contributed by atoms with van der Waals surface area (Å²) in [5.74, 6) is 0.862. The maximum absolute atomic E-state index is 5.36. The Morgan fingerprint density at radius 2 is 1.73 bits per heavy atom. The van der Waals surface area contributed by atoms with Crippen molar-refractivity contribution < 1.29 is 0 Å². The van der Waals surface area contributed by atoms with E-state index in [9.17, 15) is 0 Å². The van der Waals surface area contributed by atoms with Gasteiger partial charge in [0.1, 0.15) is 0 Å². The van der Waals surface area contributed by atoms with Crippen LogP contribution in [-0.2, 0) is 0 Å². The van der Waals surface area contributed by atoms with Gasteiger partial charge < -0.3 is 11.5 Å². The summed E-state index contributed by atoms with van der Waals surface area (Å²) < 4.78 is 0. The van der Waals surface area contributed by atoms with Crippen LogP contribution in [0.15, 0.2) is 4.99 Å². The molecule has 0 radical (unpaired) electrons. The highest BCUT2D eigenvalue weighted by Crippen LogP contribution is 2.11. The topological polar surface area (TPSA) is 67.6 Å². The van der Waals surface area contributed by atoms with Gasteiger partial charge in [0.15, 0.2) is 5.96 Å². The molecule has 0 aromatic rings. The summed E-state index contributed by atoms with van der Waals surface area (Å²) in [7, 11) is 0. The molecule has 0 fully saturated rings. The predicted octanol–water partition coefficient (Wildman–Crippen LogP) is 1.02. The van der Waals surface area contributed by atoms with Crippen LogP contribution in [0.2, 0.25) is 0 Å². The highest BCUT2D eigenvalue weighted by molar-refractivity contribution is 5.75. The first-order valence-corrected chi connectivity index (χ1v) is 5.80. The fraction of sp³-hybridized carbons (Fsp3) is 0.909. The van der Waals surface area contributed by atoms with E-state index in [2.05, 4.69) is 37.6 Å². The van der Waals surface area contributed by atoms with E-state index >= 15 is 0 Å². The SMILES string of the molecule is CCN(CC)C(CN=C(N)N)CC(C)C. The molecule has 0 saturated heterocycles.